The van der Waals surface area contributed by atoms with Crippen molar-refractivity contribution < 1.29 is 8.78 Å². The van der Waals surface area contributed by atoms with Gasteiger partial charge in [-0.05, 0) is 22.0 Å². The van der Waals surface area contributed by atoms with Crippen LogP contribution in [0.3, 0.4) is 0 Å². The molecule has 1 heterocycles. The molecule has 0 amide bonds. The second kappa shape index (κ2) is 4.80. The Hall–Kier alpha value is -0.540. The van der Waals surface area contributed by atoms with Gasteiger partial charge in [-0.25, -0.2) is 13.8 Å². The van der Waals surface area contributed by atoms with Crippen molar-refractivity contribution >= 4 is 31.9 Å². The Morgan fingerprint density at radius 3 is 2.64 bits per heavy atom. The summed E-state index contributed by atoms with van der Waals surface area (Å²) in [6, 6.07) is 2.92. The molecule has 1 aromatic rings. The van der Waals surface area contributed by atoms with E-state index in [1.165, 1.54) is 6.07 Å². The van der Waals surface area contributed by atoms with Crippen LogP contribution in [0.1, 0.15) is 23.2 Å². The van der Waals surface area contributed by atoms with E-state index in [9.17, 15) is 8.78 Å². The van der Waals surface area contributed by atoms with Crippen LogP contribution in [0.25, 0.3) is 0 Å². The van der Waals surface area contributed by atoms with E-state index >= 15 is 0 Å². The van der Waals surface area contributed by atoms with Crippen LogP contribution in [-0.2, 0) is 5.33 Å². The Morgan fingerprint density at radius 2 is 2.21 bits per heavy atom. The van der Waals surface area contributed by atoms with Crippen molar-refractivity contribution in [3.05, 3.63) is 27.5 Å². The van der Waals surface area contributed by atoms with E-state index < -0.39 is 6.43 Å². The molecule has 0 atom stereocenters. The fourth-order valence-corrected chi connectivity index (χ4v) is 1.77. The van der Waals surface area contributed by atoms with Crippen molar-refractivity contribution in [2.45, 2.75) is 11.8 Å². The van der Waals surface area contributed by atoms with Crippen molar-refractivity contribution in [2.24, 2.45) is 0 Å². The summed E-state index contributed by atoms with van der Waals surface area (Å²) in [5, 5.41) is 9.02. The SMILES string of the molecule is N#Cc1c(C(F)F)cc(CBr)nc1Br. The first-order chi connectivity index (χ1) is 6.60. The van der Waals surface area contributed by atoms with Gasteiger partial charge in [0.15, 0.2) is 0 Å². The molecule has 0 saturated carbocycles. The minimum atomic E-state index is -2.67. The monoisotopic (exact) mass is 324 g/mol. The maximum absolute atomic E-state index is 12.5. The van der Waals surface area contributed by atoms with Crippen molar-refractivity contribution in [3.63, 3.8) is 0 Å². The smallest absolute Gasteiger partial charge is 0.244 e. The van der Waals surface area contributed by atoms with Crippen LogP contribution in [0.2, 0.25) is 0 Å². The third-order valence-corrected chi connectivity index (χ3v) is 2.69. The molecular formula is C8H4Br2F2N2. The highest BCUT2D eigenvalue weighted by Gasteiger charge is 2.17. The zero-order valence-corrected chi connectivity index (χ0v) is 9.94. The number of aromatic nitrogens is 1. The topological polar surface area (TPSA) is 36.7 Å². The third kappa shape index (κ3) is 2.28. The van der Waals surface area contributed by atoms with E-state index in [0.29, 0.717) is 11.0 Å². The Bertz CT molecular complexity index is 388. The summed E-state index contributed by atoms with van der Waals surface area (Å²) >= 11 is 6.09. The summed E-state index contributed by atoms with van der Waals surface area (Å²) in [4.78, 5) is 3.92. The number of hydrogen-bond acceptors (Lipinski definition) is 2. The van der Waals surface area contributed by atoms with Gasteiger partial charge in [0.1, 0.15) is 10.7 Å². The lowest BCUT2D eigenvalue weighted by molar-refractivity contribution is 0.150. The van der Waals surface area contributed by atoms with Crippen LogP contribution in [0.15, 0.2) is 10.7 Å². The lowest BCUT2D eigenvalue weighted by atomic mass is 10.1. The number of nitrogens with zero attached hydrogens (tertiary/aromatic N) is 2. The van der Waals surface area contributed by atoms with Gasteiger partial charge in [0.25, 0.3) is 6.43 Å². The van der Waals surface area contributed by atoms with Crippen molar-refractivity contribution in [2.75, 3.05) is 0 Å². The molecule has 0 aliphatic rings. The summed E-state index contributed by atoms with van der Waals surface area (Å²) in [5.41, 5.74) is 0.0692. The average Bonchev–Trinajstić information content (AvgIpc) is 2.16. The summed E-state index contributed by atoms with van der Waals surface area (Å²) < 4.78 is 25.2. The predicted molar refractivity (Wildman–Crippen MR) is 54.2 cm³/mol. The molecule has 1 rings (SSSR count). The van der Waals surface area contributed by atoms with E-state index in [4.69, 9.17) is 5.26 Å². The zero-order chi connectivity index (χ0) is 10.7. The fraction of sp³-hybridized carbons (Fsp3) is 0.250. The number of alkyl halides is 3. The number of pyridine rings is 1. The molecule has 14 heavy (non-hydrogen) atoms. The minimum absolute atomic E-state index is 0.107. The van der Waals surface area contributed by atoms with Crippen LogP contribution >= 0.6 is 31.9 Å². The molecule has 0 fully saturated rings. The standard InChI is InChI=1S/C8H4Br2F2N2/c9-2-4-1-5(8(11)12)6(3-13)7(10)14-4/h1,8H,2H2. The molecule has 0 unspecified atom stereocenters. The molecule has 0 N–H and O–H groups in total. The Labute approximate surface area is 96.2 Å². The van der Waals surface area contributed by atoms with Gasteiger partial charge in [0.05, 0.1) is 11.3 Å². The van der Waals surface area contributed by atoms with Gasteiger partial charge in [0, 0.05) is 10.9 Å². The van der Waals surface area contributed by atoms with Crippen LogP contribution in [0, 0.1) is 11.3 Å². The maximum atomic E-state index is 12.5. The zero-order valence-electron chi connectivity index (χ0n) is 6.77. The number of halogens is 4. The van der Waals surface area contributed by atoms with Crippen LogP contribution in [-0.4, -0.2) is 4.98 Å². The fourth-order valence-electron chi connectivity index (χ4n) is 0.936. The first kappa shape index (κ1) is 11.5. The number of hydrogen-bond donors (Lipinski definition) is 0. The molecule has 0 saturated heterocycles. The van der Waals surface area contributed by atoms with Gasteiger partial charge >= 0.3 is 0 Å². The summed E-state index contributed by atoms with van der Waals surface area (Å²) in [7, 11) is 0. The molecule has 0 aliphatic heterocycles. The van der Waals surface area contributed by atoms with Crippen molar-refractivity contribution in [1.82, 2.24) is 4.98 Å². The molecule has 74 valence electrons. The van der Waals surface area contributed by atoms with Gasteiger partial charge < -0.3 is 0 Å². The number of rotatable bonds is 2. The molecule has 0 bridgehead atoms. The van der Waals surface area contributed by atoms with Crippen LogP contribution in [0.4, 0.5) is 8.78 Å². The molecular weight excluding hydrogens is 322 g/mol. The van der Waals surface area contributed by atoms with Gasteiger partial charge in [-0.1, -0.05) is 15.9 Å². The number of nitriles is 1. The van der Waals surface area contributed by atoms with E-state index in [1.807, 2.05) is 0 Å². The summed E-state index contributed by atoms with van der Waals surface area (Å²) in [6.07, 6.45) is -2.67. The van der Waals surface area contributed by atoms with E-state index in [0.717, 1.165) is 0 Å². The lowest BCUT2D eigenvalue weighted by Crippen LogP contribution is -1.98. The quantitative estimate of drug-likeness (QED) is 0.616. The Balaban J connectivity index is 3.37. The summed E-state index contributed by atoms with van der Waals surface area (Å²) in [5.74, 6) is 0. The lowest BCUT2D eigenvalue weighted by Gasteiger charge is -2.06. The van der Waals surface area contributed by atoms with Crippen LogP contribution in [0.5, 0.6) is 0 Å². The molecule has 6 heteroatoms. The predicted octanol–water partition coefficient (Wildman–Crippen LogP) is 3.55. The van der Waals surface area contributed by atoms with Gasteiger partial charge in [-0.2, -0.15) is 5.26 Å². The molecule has 0 aliphatic carbocycles. The van der Waals surface area contributed by atoms with Gasteiger partial charge in [-0.15, -0.1) is 0 Å². The first-order valence-corrected chi connectivity index (χ1v) is 5.45. The first-order valence-electron chi connectivity index (χ1n) is 3.53. The molecule has 0 spiro atoms. The van der Waals surface area contributed by atoms with E-state index in [-0.39, 0.29) is 15.7 Å². The molecule has 0 radical (unpaired) electrons. The molecule has 2 nitrogen and oxygen atoms in total. The highest BCUT2D eigenvalue weighted by Crippen LogP contribution is 2.28. The maximum Gasteiger partial charge on any atom is 0.265 e. The highest BCUT2D eigenvalue weighted by molar-refractivity contribution is 9.10. The second-order valence-electron chi connectivity index (χ2n) is 2.41. The van der Waals surface area contributed by atoms with Gasteiger partial charge in [-0.3, -0.25) is 0 Å². The van der Waals surface area contributed by atoms with Crippen molar-refractivity contribution in [3.8, 4) is 6.07 Å². The normalized spacial score (nSPS) is 10.3. The largest absolute Gasteiger partial charge is 0.265 e. The van der Waals surface area contributed by atoms with Crippen LogP contribution < -0.4 is 0 Å². The summed E-state index contributed by atoms with van der Waals surface area (Å²) in [6.45, 7) is 0. The second-order valence-corrected chi connectivity index (χ2v) is 3.73. The minimum Gasteiger partial charge on any atom is -0.244 e. The highest BCUT2D eigenvalue weighted by atomic mass is 79.9. The Morgan fingerprint density at radius 1 is 1.57 bits per heavy atom. The van der Waals surface area contributed by atoms with Gasteiger partial charge in [0.2, 0.25) is 0 Å². The van der Waals surface area contributed by atoms with E-state index in [1.54, 1.807) is 6.07 Å². The molecule has 1 aromatic heterocycles. The average molecular weight is 326 g/mol. The van der Waals surface area contributed by atoms with Crippen molar-refractivity contribution in [1.29, 1.82) is 5.26 Å². The van der Waals surface area contributed by atoms with E-state index in [2.05, 4.69) is 36.8 Å². The third-order valence-electron chi connectivity index (χ3n) is 1.54. The molecule has 0 aromatic carbocycles. The Kier molecular flexibility index (Phi) is 3.96.